The summed E-state index contributed by atoms with van der Waals surface area (Å²) in [6, 6.07) is 6.04. The van der Waals surface area contributed by atoms with Gasteiger partial charge in [0.25, 0.3) is 0 Å². The number of rotatable bonds is 6. The number of nitrogens with zero attached hydrogens (tertiary/aromatic N) is 3. The van der Waals surface area contributed by atoms with Gasteiger partial charge in [0.1, 0.15) is 5.82 Å². The van der Waals surface area contributed by atoms with Crippen molar-refractivity contribution in [3.05, 3.63) is 24.4 Å². The summed E-state index contributed by atoms with van der Waals surface area (Å²) in [6.45, 7) is 12.0. The van der Waals surface area contributed by atoms with Crippen LogP contribution in [0.4, 0.5) is 5.82 Å². The van der Waals surface area contributed by atoms with E-state index in [1.54, 1.807) is 0 Å². The summed E-state index contributed by atoms with van der Waals surface area (Å²) in [5, 5.41) is 10.4. The lowest BCUT2D eigenvalue weighted by molar-refractivity contribution is -0.0446. The molecule has 2 aliphatic rings. The molecule has 0 amide bonds. The lowest BCUT2D eigenvalue weighted by Gasteiger charge is -2.38. The van der Waals surface area contributed by atoms with Gasteiger partial charge in [-0.1, -0.05) is 26.8 Å². The van der Waals surface area contributed by atoms with E-state index in [1.807, 2.05) is 18.3 Å². The molecular weight excluding hydrogens is 338 g/mol. The van der Waals surface area contributed by atoms with Crippen LogP contribution in [0, 0.1) is 11.3 Å². The van der Waals surface area contributed by atoms with Gasteiger partial charge in [0.05, 0.1) is 18.8 Å². The van der Waals surface area contributed by atoms with Gasteiger partial charge in [-0.25, -0.2) is 4.98 Å². The number of hydrogen-bond acceptors (Lipinski definition) is 5. The van der Waals surface area contributed by atoms with Crippen molar-refractivity contribution in [3.63, 3.8) is 0 Å². The van der Waals surface area contributed by atoms with Gasteiger partial charge in [0.2, 0.25) is 0 Å². The largest absolute Gasteiger partial charge is 0.389 e. The summed E-state index contributed by atoms with van der Waals surface area (Å²) in [5.41, 5.74) is 0.405. The van der Waals surface area contributed by atoms with E-state index in [-0.39, 0.29) is 0 Å². The summed E-state index contributed by atoms with van der Waals surface area (Å²) < 4.78 is 6.04. The highest BCUT2D eigenvalue weighted by atomic mass is 16.5. The Hall–Kier alpha value is -1.17. The number of aliphatic hydroxyl groups is 1. The Morgan fingerprint density at radius 3 is 2.41 bits per heavy atom. The Morgan fingerprint density at radius 1 is 1.11 bits per heavy atom. The molecule has 1 aliphatic carbocycles. The summed E-state index contributed by atoms with van der Waals surface area (Å²) in [5.74, 6) is 1.85. The predicted molar refractivity (Wildman–Crippen MR) is 110 cm³/mol. The molecule has 27 heavy (non-hydrogen) atoms. The molecule has 1 aromatic heterocycles. The Labute approximate surface area is 164 Å². The molecule has 0 aromatic carbocycles. The highest BCUT2D eigenvalue weighted by Gasteiger charge is 2.30. The fourth-order valence-electron chi connectivity index (χ4n) is 4.39. The summed E-state index contributed by atoms with van der Waals surface area (Å²) in [4.78, 5) is 9.08. The Morgan fingerprint density at radius 2 is 1.81 bits per heavy atom. The van der Waals surface area contributed by atoms with Crippen LogP contribution in [0.1, 0.15) is 46.5 Å². The van der Waals surface area contributed by atoms with Crippen LogP contribution in [0.25, 0.3) is 0 Å². The van der Waals surface area contributed by atoms with Gasteiger partial charge in [0.15, 0.2) is 0 Å². The maximum Gasteiger partial charge on any atom is 0.128 e. The molecule has 0 radical (unpaired) electrons. The maximum absolute atomic E-state index is 10.4. The molecule has 0 bridgehead atoms. The van der Waals surface area contributed by atoms with Crippen molar-refractivity contribution in [2.45, 2.75) is 58.7 Å². The molecule has 2 heterocycles. The third kappa shape index (κ3) is 6.16. The summed E-state index contributed by atoms with van der Waals surface area (Å²) in [6.07, 6.45) is 6.55. The molecule has 0 unspecified atom stereocenters. The highest BCUT2D eigenvalue weighted by molar-refractivity contribution is 5.38. The fraction of sp³-hybridized carbons (Fsp3) is 0.773. The van der Waals surface area contributed by atoms with E-state index in [0.717, 1.165) is 50.8 Å². The number of hydrogen-bond donors (Lipinski definition) is 1. The first-order valence-corrected chi connectivity index (χ1v) is 10.6. The quantitative estimate of drug-likeness (QED) is 0.827. The number of piperazine rings is 1. The Kier molecular flexibility index (Phi) is 7.12. The Bertz CT molecular complexity index is 544. The topological polar surface area (TPSA) is 48.8 Å². The molecule has 1 atom stereocenters. The third-order valence-corrected chi connectivity index (χ3v) is 6.24. The zero-order valence-electron chi connectivity index (χ0n) is 17.3. The van der Waals surface area contributed by atoms with Gasteiger partial charge in [0, 0.05) is 38.9 Å². The van der Waals surface area contributed by atoms with E-state index in [2.05, 4.69) is 41.6 Å². The first-order chi connectivity index (χ1) is 12.9. The van der Waals surface area contributed by atoms with E-state index < -0.39 is 6.10 Å². The molecule has 1 N–H and O–H groups in total. The van der Waals surface area contributed by atoms with Crippen molar-refractivity contribution >= 4 is 5.82 Å². The smallest absolute Gasteiger partial charge is 0.128 e. The SMILES string of the molecule is CC(C)(C)C1CCC(OC[C@@H](O)CN2CCN(c3ccccn3)CC2)CC1. The highest BCUT2D eigenvalue weighted by Crippen LogP contribution is 2.38. The number of pyridine rings is 1. The van der Waals surface area contributed by atoms with Crippen molar-refractivity contribution in [2.24, 2.45) is 11.3 Å². The number of aliphatic hydroxyl groups excluding tert-OH is 1. The first-order valence-electron chi connectivity index (χ1n) is 10.6. The monoisotopic (exact) mass is 375 g/mol. The molecule has 1 saturated carbocycles. The van der Waals surface area contributed by atoms with Gasteiger partial charge >= 0.3 is 0 Å². The lowest BCUT2D eigenvalue weighted by atomic mass is 9.72. The molecule has 5 nitrogen and oxygen atoms in total. The van der Waals surface area contributed by atoms with Crippen molar-refractivity contribution in [1.82, 2.24) is 9.88 Å². The summed E-state index contributed by atoms with van der Waals surface area (Å²) in [7, 11) is 0. The molecular formula is C22H37N3O2. The van der Waals surface area contributed by atoms with Gasteiger partial charge in [-0.15, -0.1) is 0 Å². The van der Waals surface area contributed by atoms with Crippen LogP contribution in [0.3, 0.4) is 0 Å². The fourth-order valence-corrected chi connectivity index (χ4v) is 4.39. The van der Waals surface area contributed by atoms with Gasteiger partial charge in [-0.05, 0) is 49.1 Å². The Balaban J connectivity index is 1.32. The zero-order valence-corrected chi connectivity index (χ0v) is 17.3. The molecule has 0 spiro atoms. The maximum atomic E-state index is 10.4. The van der Waals surface area contributed by atoms with Crippen molar-refractivity contribution < 1.29 is 9.84 Å². The first kappa shape index (κ1) is 20.6. The second-order valence-corrected chi connectivity index (χ2v) is 9.30. The van der Waals surface area contributed by atoms with E-state index in [9.17, 15) is 5.11 Å². The van der Waals surface area contributed by atoms with Crippen molar-refractivity contribution in [2.75, 3.05) is 44.2 Å². The third-order valence-electron chi connectivity index (χ3n) is 6.24. The second-order valence-electron chi connectivity index (χ2n) is 9.30. The molecule has 5 heteroatoms. The minimum absolute atomic E-state index is 0.333. The van der Waals surface area contributed by atoms with Crippen LogP contribution in [-0.2, 0) is 4.74 Å². The van der Waals surface area contributed by atoms with Crippen LogP contribution in [-0.4, -0.2) is 66.5 Å². The number of anilines is 1. The zero-order chi connectivity index (χ0) is 19.3. The molecule has 1 aromatic rings. The number of ether oxygens (including phenoxy) is 1. The molecule has 3 rings (SSSR count). The number of β-amino-alcohol motifs (C(OH)–C–C–N with tert-alkyl or cyclic N) is 1. The van der Waals surface area contributed by atoms with Crippen LogP contribution in [0.5, 0.6) is 0 Å². The van der Waals surface area contributed by atoms with Gasteiger partial charge < -0.3 is 14.7 Å². The predicted octanol–water partition coefficient (Wildman–Crippen LogP) is 3.19. The van der Waals surface area contributed by atoms with Crippen LogP contribution in [0.15, 0.2) is 24.4 Å². The van der Waals surface area contributed by atoms with Gasteiger partial charge in [-0.2, -0.15) is 0 Å². The minimum Gasteiger partial charge on any atom is -0.389 e. The van der Waals surface area contributed by atoms with Crippen molar-refractivity contribution in [3.8, 4) is 0 Å². The molecule has 1 aliphatic heterocycles. The standard InChI is InChI=1S/C22H37N3O2/c1-22(2,3)18-7-9-20(10-8-18)27-17-19(26)16-24-12-14-25(15-13-24)21-6-4-5-11-23-21/h4-6,11,18-20,26H,7-10,12-17H2,1-3H3/t18?,19-,20?/m0/s1. The van der Waals surface area contributed by atoms with Crippen molar-refractivity contribution in [1.29, 1.82) is 0 Å². The van der Waals surface area contributed by atoms with E-state index in [4.69, 9.17) is 4.74 Å². The van der Waals surface area contributed by atoms with Crippen LogP contribution < -0.4 is 4.90 Å². The average Bonchev–Trinajstić information content (AvgIpc) is 2.67. The van der Waals surface area contributed by atoms with E-state index >= 15 is 0 Å². The molecule has 2 fully saturated rings. The second kappa shape index (κ2) is 9.35. The lowest BCUT2D eigenvalue weighted by Crippen LogP contribution is -2.49. The minimum atomic E-state index is -0.397. The normalized spacial score (nSPS) is 26.1. The van der Waals surface area contributed by atoms with Crippen LogP contribution >= 0.6 is 0 Å². The van der Waals surface area contributed by atoms with E-state index in [0.29, 0.717) is 24.7 Å². The molecule has 1 saturated heterocycles. The molecule has 152 valence electrons. The van der Waals surface area contributed by atoms with Gasteiger partial charge in [-0.3, -0.25) is 4.90 Å². The van der Waals surface area contributed by atoms with E-state index in [1.165, 1.54) is 12.8 Å². The number of aromatic nitrogens is 1. The van der Waals surface area contributed by atoms with Crippen LogP contribution in [0.2, 0.25) is 0 Å². The summed E-state index contributed by atoms with van der Waals surface area (Å²) >= 11 is 0. The average molecular weight is 376 g/mol.